The van der Waals surface area contributed by atoms with Crippen molar-refractivity contribution in [1.29, 1.82) is 0 Å². The molecule has 0 fully saturated rings. The van der Waals surface area contributed by atoms with Gasteiger partial charge in [0.05, 0.1) is 6.10 Å². The molecule has 1 unspecified atom stereocenters. The summed E-state index contributed by atoms with van der Waals surface area (Å²) in [6.07, 6.45) is 0.665. The lowest BCUT2D eigenvalue weighted by Gasteiger charge is -2.17. The van der Waals surface area contributed by atoms with Gasteiger partial charge < -0.3 is 4.52 Å². The highest BCUT2D eigenvalue weighted by molar-refractivity contribution is 7.99. The summed E-state index contributed by atoms with van der Waals surface area (Å²) in [7, 11) is -7.59. The number of halogens is 1. The predicted octanol–water partition coefficient (Wildman–Crippen LogP) is 3.54. The topological polar surface area (TPSA) is 69.7 Å². The van der Waals surface area contributed by atoms with E-state index in [1.807, 2.05) is 0 Å². The van der Waals surface area contributed by atoms with E-state index in [1.54, 1.807) is 20.1 Å². The molecule has 0 aliphatic heterocycles. The molecule has 120 valence electrons. The van der Waals surface area contributed by atoms with Gasteiger partial charge in [0.15, 0.2) is 0 Å². The summed E-state index contributed by atoms with van der Waals surface area (Å²) in [4.78, 5) is -0.312. The molecule has 1 rings (SSSR count). The van der Waals surface area contributed by atoms with E-state index in [1.165, 1.54) is 18.8 Å². The fraction of sp³-hybridized carbons (Fsp3) is 0.500. The Labute approximate surface area is 128 Å². The fourth-order valence-corrected chi connectivity index (χ4v) is 5.66. The van der Waals surface area contributed by atoms with E-state index in [9.17, 15) is 17.4 Å². The highest BCUT2D eigenvalue weighted by Gasteiger charge is 2.28. The van der Waals surface area contributed by atoms with Crippen molar-refractivity contribution in [2.24, 2.45) is 0 Å². The molecule has 0 aliphatic rings. The van der Waals surface area contributed by atoms with Crippen molar-refractivity contribution in [2.75, 3.05) is 19.3 Å². The minimum absolute atomic E-state index is 0.228. The van der Waals surface area contributed by atoms with Crippen LogP contribution in [-0.4, -0.2) is 33.8 Å². The zero-order chi connectivity index (χ0) is 16.3. The summed E-state index contributed by atoms with van der Waals surface area (Å²) in [5, 5.41) is 0. The molecular formula is C12H18FO5PS2. The number of thioether (sulfide) groups is 1. The molecule has 5 nitrogen and oxygen atoms in total. The molecule has 1 atom stereocenters. The molecule has 9 heteroatoms. The van der Waals surface area contributed by atoms with Crippen molar-refractivity contribution >= 4 is 29.2 Å². The first kappa shape index (κ1) is 18.6. The average molecular weight is 356 g/mol. The molecule has 0 saturated carbocycles. The van der Waals surface area contributed by atoms with Crippen molar-refractivity contribution < 1.29 is 26.1 Å². The fourth-order valence-electron chi connectivity index (χ4n) is 1.59. The SMILES string of the molecule is CSc1cccc(F)c1S(=O)(=O)OCP(C)(=O)OC(C)C. The van der Waals surface area contributed by atoms with Crippen molar-refractivity contribution in [3.05, 3.63) is 24.0 Å². The molecule has 1 aromatic rings. The highest BCUT2D eigenvalue weighted by atomic mass is 32.2. The molecule has 0 bridgehead atoms. The summed E-state index contributed by atoms with van der Waals surface area (Å²) < 4.78 is 59.9. The number of hydrogen-bond donors (Lipinski definition) is 0. The van der Waals surface area contributed by atoms with Crippen LogP contribution in [0.4, 0.5) is 4.39 Å². The first-order valence-corrected chi connectivity index (χ1v) is 10.9. The minimum Gasteiger partial charge on any atom is -0.324 e. The molecular weight excluding hydrogens is 338 g/mol. The van der Waals surface area contributed by atoms with Gasteiger partial charge in [-0.3, -0.25) is 8.75 Å². The standard InChI is InChI=1S/C12H18FO5PS2/c1-9(2)18-19(3,14)8-17-21(15,16)12-10(13)6-5-7-11(12)20-4/h5-7,9H,8H2,1-4H3. The second-order valence-electron chi connectivity index (χ2n) is 4.64. The summed E-state index contributed by atoms with van der Waals surface area (Å²) in [5.74, 6) is -0.905. The minimum atomic E-state index is -4.35. The van der Waals surface area contributed by atoms with Crippen LogP contribution in [0.25, 0.3) is 0 Å². The Hall–Kier alpha value is -0.400. The molecule has 0 radical (unpaired) electrons. The molecule has 0 aliphatic carbocycles. The van der Waals surface area contributed by atoms with Gasteiger partial charge in [-0.05, 0) is 32.2 Å². The molecule has 0 spiro atoms. The summed E-state index contributed by atoms with van der Waals surface area (Å²) >= 11 is 1.08. The van der Waals surface area contributed by atoms with Crippen LogP contribution in [0.3, 0.4) is 0 Å². The molecule has 0 amide bonds. The molecule has 21 heavy (non-hydrogen) atoms. The third kappa shape index (κ3) is 5.38. The normalized spacial score (nSPS) is 15.1. The summed E-state index contributed by atoms with van der Waals surface area (Å²) in [6.45, 7) is 4.63. The van der Waals surface area contributed by atoms with Gasteiger partial charge in [0.1, 0.15) is 17.1 Å². The van der Waals surface area contributed by atoms with E-state index in [-0.39, 0.29) is 11.0 Å². The van der Waals surface area contributed by atoms with E-state index >= 15 is 0 Å². The zero-order valence-electron chi connectivity index (χ0n) is 12.2. The molecule has 1 aromatic carbocycles. The highest BCUT2D eigenvalue weighted by Crippen LogP contribution is 2.44. The van der Waals surface area contributed by atoms with Gasteiger partial charge in [-0.15, -0.1) is 11.8 Å². The van der Waals surface area contributed by atoms with E-state index in [0.717, 1.165) is 17.8 Å². The predicted molar refractivity (Wildman–Crippen MR) is 81.1 cm³/mol. The van der Waals surface area contributed by atoms with Crippen molar-refractivity contribution in [3.63, 3.8) is 0 Å². The second kappa shape index (κ2) is 7.24. The lowest BCUT2D eigenvalue weighted by molar-refractivity contribution is 0.230. The summed E-state index contributed by atoms with van der Waals surface area (Å²) in [5.41, 5.74) is 0. The van der Waals surface area contributed by atoms with Crippen LogP contribution >= 0.6 is 19.1 Å². The Morgan fingerprint density at radius 3 is 2.52 bits per heavy atom. The van der Waals surface area contributed by atoms with Crippen LogP contribution in [0.2, 0.25) is 0 Å². The van der Waals surface area contributed by atoms with Crippen molar-refractivity contribution in [1.82, 2.24) is 0 Å². The number of benzene rings is 1. The van der Waals surface area contributed by atoms with Crippen LogP contribution in [0.1, 0.15) is 13.8 Å². The van der Waals surface area contributed by atoms with Crippen LogP contribution < -0.4 is 0 Å². The lowest BCUT2D eigenvalue weighted by Crippen LogP contribution is -2.13. The van der Waals surface area contributed by atoms with Crippen LogP contribution in [0.5, 0.6) is 0 Å². The van der Waals surface area contributed by atoms with Gasteiger partial charge in [-0.25, -0.2) is 4.39 Å². The van der Waals surface area contributed by atoms with Crippen LogP contribution in [0.15, 0.2) is 28.0 Å². The van der Waals surface area contributed by atoms with E-state index in [0.29, 0.717) is 0 Å². The zero-order valence-corrected chi connectivity index (χ0v) is 14.7. The molecule has 0 N–H and O–H groups in total. The molecule has 0 aromatic heterocycles. The maximum absolute atomic E-state index is 13.8. The van der Waals surface area contributed by atoms with E-state index < -0.39 is 34.5 Å². The van der Waals surface area contributed by atoms with Crippen molar-refractivity contribution in [3.8, 4) is 0 Å². The van der Waals surface area contributed by atoms with Gasteiger partial charge in [-0.1, -0.05) is 6.07 Å². The van der Waals surface area contributed by atoms with Gasteiger partial charge in [0, 0.05) is 11.6 Å². The Morgan fingerprint density at radius 1 is 1.38 bits per heavy atom. The monoisotopic (exact) mass is 356 g/mol. The van der Waals surface area contributed by atoms with Crippen molar-refractivity contribution in [2.45, 2.75) is 29.7 Å². The quantitative estimate of drug-likeness (QED) is 0.423. The van der Waals surface area contributed by atoms with Crippen LogP contribution in [0, 0.1) is 5.82 Å². The van der Waals surface area contributed by atoms with Crippen LogP contribution in [-0.2, 0) is 23.4 Å². The maximum atomic E-state index is 13.8. The smallest absolute Gasteiger partial charge is 0.301 e. The number of rotatable bonds is 7. The Bertz CT molecular complexity index is 645. The third-order valence-electron chi connectivity index (χ3n) is 2.28. The third-order valence-corrected chi connectivity index (χ3v) is 6.17. The van der Waals surface area contributed by atoms with Gasteiger partial charge in [0.25, 0.3) is 0 Å². The second-order valence-corrected chi connectivity index (χ2v) is 9.54. The Morgan fingerprint density at radius 2 is 2.00 bits per heavy atom. The van der Waals surface area contributed by atoms with Gasteiger partial charge >= 0.3 is 10.1 Å². The first-order chi connectivity index (χ1) is 9.59. The summed E-state index contributed by atoms with van der Waals surface area (Å²) in [6, 6.07) is 3.92. The van der Waals surface area contributed by atoms with E-state index in [2.05, 4.69) is 0 Å². The Balaban J connectivity index is 3.01. The van der Waals surface area contributed by atoms with E-state index in [4.69, 9.17) is 8.71 Å². The average Bonchev–Trinajstić information content (AvgIpc) is 2.34. The maximum Gasteiger partial charge on any atom is 0.301 e. The first-order valence-electron chi connectivity index (χ1n) is 6.06. The Kier molecular flexibility index (Phi) is 6.43. The van der Waals surface area contributed by atoms with Gasteiger partial charge in [0.2, 0.25) is 7.37 Å². The number of hydrogen-bond acceptors (Lipinski definition) is 6. The lowest BCUT2D eigenvalue weighted by atomic mass is 10.3. The molecule has 0 heterocycles. The molecule has 0 saturated heterocycles. The largest absolute Gasteiger partial charge is 0.324 e. The van der Waals surface area contributed by atoms with Gasteiger partial charge in [-0.2, -0.15) is 8.42 Å².